The number of carboxylic acid groups (broad SMARTS) is 1. The number of nitrogens with one attached hydrogen (secondary N) is 1. The van der Waals surface area contributed by atoms with Crippen LogP contribution in [0.4, 0.5) is 4.79 Å². The summed E-state index contributed by atoms with van der Waals surface area (Å²) in [7, 11) is 1.70. The third-order valence-corrected chi connectivity index (χ3v) is 3.68. The van der Waals surface area contributed by atoms with Crippen LogP contribution in [0.2, 0.25) is 0 Å². The van der Waals surface area contributed by atoms with E-state index < -0.39 is 17.4 Å². The van der Waals surface area contributed by atoms with Gasteiger partial charge in [0.05, 0.1) is 0 Å². The van der Waals surface area contributed by atoms with Crippen LogP contribution in [0.15, 0.2) is 0 Å². The van der Waals surface area contributed by atoms with Gasteiger partial charge in [0, 0.05) is 20.1 Å². The smallest absolute Gasteiger partial charge is 0.326 e. The van der Waals surface area contributed by atoms with Crippen LogP contribution in [-0.2, 0) is 4.79 Å². The predicted molar refractivity (Wildman–Crippen MR) is 77.7 cm³/mol. The molecule has 2 N–H and O–H groups in total. The van der Waals surface area contributed by atoms with E-state index in [2.05, 4.69) is 10.2 Å². The van der Waals surface area contributed by atoms with Gasteiger partial charge in [-0.1, -0.05) is 20.8 Å². The van der Waals surface area contributed by atoms with Gasteiger partial charge in [-0.15, -0.1) is 0 Å². The summed E-state index contributed by atoms with van der Waals surface area (Å²) >= 11 is 0. The highest BCUT2D eigenvalue weighted by Gasteiger charge is 2.33. The van der Waals surface area contributed by atoms with Crippen LogP contribution in [-0.4, -0.2) is 66.2 Å². The minimum absolute atomic E-state index is 0.327. The Morgan fingerprint density at radius 2 is 1.85 bits per heavy atom. The SMILES string of the molecule is CN(CCN1CCCC1)C(=O)N[C@H](C(=O)O)C(C)(C)C. The quantitative estimate of drug-likeness (QED) is 0.796. The van der Waals surface area contributed by atoms with Gasteiger partial charge in [-0.25, -0.2) is 9.59 Å². The van der Waals surface area contributed by atoms with Crippen molar-refractivity contribution in [3.8, 4) is 0 Å². The van der Waals surface area contributed by atoms with E-state index in [0.29, 0.717) is 6.54 Å². The van der Waals surface area contributed by atoms with Crippen molar-refractivity contribution >= 4 is 12.0 Å². The van der Waals surface area contributed by atoms with Crippen molar-refractivity contribution in [2.45, 2.75) is 39.7 Å². The van der Waals surface area contributed by atoms with Gasteiger partial charge in [0.25, 0.3) is 0 Å². The molecular weight excluding hydrogens is 258 g/mol. The normalized spacial score (nSPS) is 17.8. The number of hydrogen-bond acceptors (Lipinski definition) is 3. The summed E-state index contributed by atoms with van der Waals surface area (Å²) in [6, 6.07) is -1.21. The van der Waals surface area contributed by atoms with Crippen molar-refractivity contribution in [3.63, 3.8) is 0 Å². The van der Waals surface area contributed by atoms with Gasteiger partial charge in [0.1, 0.15) is 6.04 Å². The molecule has 1 heterocycles. The lowest BCUT2D eigenvalue weighted by Crippen LogP contribution is -2.53. The molecule has 1 saturated heterocycles. The maximum absolute atomic E-state index is 12.0. The van der Waals surface area contributed by atoms with E-state index >= 15 is 0 Å². The van der Waals surface area contributed by atoms with Crippen molar-refractivity contribution in [2.75, 3.05) is 33.2 Å². The Morgan fingerprint density at radius 1 is 1.30 bits per heavy atom. The van der Waals surface area contributed by atoms with Crippen LogP contribution in [0.3, 0.4) is 0 Å². The molecule has 116 valence electrons. The molecule has 20 heavy (non-hydrogen) atoms. The average molecular weight is 285 g/mol. The van der Waals surface area contributed by atoms with Crippen molar-refractivity contribution in [2.24, 2.45) is 5.41 Å². The summed E-state index contributed by atoms with van der Waals surface area (Å²) in [5.74, 6) is -1.00. The second-order valence-electron chi connectivity index (χ2n) is 6.56. The Labute approximate surface area is 121 Å². The first-order valence-corrected chi connectivity index (χ1v) is 7.18. The highest BCUT2D eigenvalue weighted by atomic mass is 16.4. The van der Waals surface area contributed by atoms with E-state index in [1.165, 1.54) is 12.8 Å². The Kier molecular flexibility index (Phi) is 5.80. The monoisotopic (exact) mass is 285 g/mol. The molecule has 0 bridgehead atoms. The lowest BCUT2D eigenvalue weighted by atomic mass is 9.87. The number of nitrogens with zero attached hydrogens (tertiary/aromatic N) is 2. The number of carbonyl (C=O) groups excluding carboxylic acids is 1. The fourth-order valence-electron chi connectivity index (χ4n) is 2.28. The summed E-state index contributed by atoms with van der Waals surface area (Å²) in [5, 5.41) is 11.8. The second-order valence-corrected chi connectivity index (χ2v) is 6.56. The van der Waals surface area contributed by atoms with Crippen LogP contribution in [0, 0.1) is 5.41 Å². The Morgan fingerprint density at radius 3 is 2.30 bits per heavy atom. The minimum atomic E-state index is -1.00. The van der Waals surface area contributed by atoms with Crippen LogP contribution in [0.25, 0.3) is 0 Å². The van der Waals surface area contributed by atoms with Crippen LogP contribution >= 0.6 is 0 Å². The molecule has 2 amide bonds. The van der Waals surface area contributed by atoms with Crippen LogP contribution in [0.5, 0.6) is 0 Å². The number of amides is 2. The van der Waals surface area contributed by atoms with Crippen molar-refractivity contribution in [1.82, 2.24) is 15.1 Å². The van der Waals surface area contributed by atoms with E-state index in [0.717, 1.165) is 19.6 Å². The number of likely N-dealkylation sites (N-methyl/N-ethyl adjacent to an activating group) is 1. The molecule has 1 aliphatic rings. The summed E-state index contributed by atoms with van der Waals surface area (Å²) < 4.78 is 0. The van der Waals surface area contributed by atoms with E-state index in [4.69, 9.17) is 0 Å². The van der Waals surface area contributed by atoms with Gasteiger partial charge in [-0.2, -0.15) is 0 Å². The van der Waals surface area contributed by atoms with Crippen LogP contribution in [0.1, 0.15) is 33.6 Å². The zero-order chi connectivity index (χ0) is 15.3. The molecule has 0 aromatic heterocycles. The standard InChI is InChI=1S/C14H27N3O3/c1-14(2,3)11(12(18)19)15-13(20)16(4)9-10-17-7-5-6-8-17/h11H,5-10H2,1-4H3,(H,15,20)(H,18,19)/t11-/m1/s1. The van der Waals surface area contributed by atoms with Gasteiger partial charge in [0.2, 0.25) is 0 Å². The molecule has 0 aromatic carbocycles. The molecule has 0 spiro atoms. The lowest BCUT2D eigenvalue weighted by molar-refractivity contribution is -0.142. The first-order valence-electron chi connectivity index (χ1n) is 7.18. The van der Waals surface area contributed by atoms with Gasteiger partial charge >= 0.3 is 12.0 Å². The van der Waals surface area contributed by atoms with Crippen molar-refractivity contribution in [1.29, 1.82) is 0 Å². The Hall–Kier alpha value is -1.30. The molecule has 1 aliphatic heterocycles. The topological polar surface area (TPSA) is 72.9 Å². The number of rotatable bonds is 5. The fourth-order valence-corrected chi connectivity index (χ4v) is 2.28. The van der Waals surface area contributed by atoms with Gasteiger partial charge in [0.15, 0.2) is 0 Å². The predicted octanol–water partition coefficient (Wildman–Crippen LogP) is 1.22. The summed E-state index contributed by atoms with van der Waals surface area (Å²) in [4.78, 5) is 27.1. The van der Waals surface area contributed by atoms with Crippen molar-refractivity contribution < 1.29 is 14.7 Å². The van der Waals surface area contributed by atoms with E-state index in [-0.39, 0.29) is 6.03 Å². The summed E-state index contributed by atoms with van der Waals surface area (Å²) in [6.45, 7) is 9.05. The molecule has 6 nitrogen and oxygen atoms in total. The molecule has 6 heteroatoms. The number of carboxylic acids is 1. The van der Waals surface area contributed by atoms with Crippen molar-refractivity contribution in [3.05, 3.63) is 0 Å². The summed E-state index contributed by atoms with van der Waals surface area (Å²) in [5.41, 5.74) is -0.517. The fraction of sp³-hybridized carbons (Fsp3) is 0.857. The maximum Gasteiger partial charge on any atom is 0.326 e. The maximum atomic E-state index is 12.0. The first kappa shape index (κ1) is 16.8. The first-order chi connectivity index (χ1) is 9.21. The highest BCUT2D eigenvalue weighted by molar-refractivity contribution is 5.83. The largest absolute Gasteiger partial charge is 0.480 e. The number of aliphatic carboxylic acids is 1. The van der Waals surface area contributed by atoms with Gasteiger partial charge < -0.3 is 20.2 Å². The molecular formula is C14H27N3O3. The van der Waals surface area contributed by atoms with Gasteiger partial charge in [-0.3, -0.25) is 0 Å². The number of carbonyl (C=O) groups is 2. The third kappa shape index (κ3) is 5.00. The summed E-state index contributed by atoms with van der Waals surface area (Å²) in [6.07, 6.45) is 2.45. The minimum Gasteiger partial charge on any atom is -0.480 e. The number of urea groups is 1. The van der Waals surface area contributed by atoms with E-state index in [9.17, 15) is 14.7 Å². The number of likely N-dealkylation sites (tertiary alicyclic amines) is 1. The van der Waals surface area contributed by atoms with Crippen LogP contribution < -0.4 is 5.32 Å². The Bertz CT molecular complexity index is 346. The second kappa shape index (κ2) is 6.92. The highest BCUT2D eigenvalue weighted by Crippen LogP contribution is 2.19. The Balaban J connectivity index is 2.44. The molecule has 0 saturated carbocycles. The zero-order valence-electron chi connectivity index (χ0n) is 13.0. The zero-order valence-corrected chi connectivity index (χ0v) is 13.0. The lowest BCUT2D eigenvalue weighted by Gasteiger charge is -2.30. The average Bonchev–Trinajstić information content (AvgIpc) is 2.83. The number of hydrogen-bond donors (Lipinski definition) is 2. The molecule has 0 aliphatic carbocycles. The molecule has 0 radical (unpaired) electrons. The molecule has 1 fully saturated rings. The molecule has 1 rings (SSSR count). The molecule has 0 aromatic rings. The van der Waals surface area contributed by atoms with E-state index in [1.807, 2.05) is 0 Å². The third-order valence-electron chi connectivity index (χ3n) is 3.68. The van der Waals surface area contributed by atoms with E-state index in [1.54, 1.807) is 32.7 Å². The molecule has 0 unspecified atom stereocenters. The van der Waals surface area contributed by atoms with Gasteiger partial charge in [-0.05, 0) is 31.3 Å². The molecule has 1 atom stereocenters.